The maximum absolute atomic E-state index is 13.4. The number of anilines is 3. The lowest BCUT2D eigenvalue weighted by atomic mass is 10.2. The van der Waals surface area contributed by atoms with Crippen LogP contribution in [0.3, 0.4) is 0 Å². The number of hydrogen-bond donors (Lipinski definition) is 2. The number of ether oxygens (including phenoxy) is 1. The fourth-order valence-corrected chi connectivity index (χ4v) is 2.32. The summed E-state index contributed by atoms with van der Waals surface area (Å²) in [5, 5.41) is 6.14. The van der Waals surface area contributed by atoms with Gasteiger partial charge in [0, 0.05) is 37.0 Å². The van der Waals surface area contributed by atoms with E-state index in [1.165, 1.54) is 6.07 Å². The van der Waals surface area contributed by atoms with Gasteiger partial charge in [0.2, 0.25) is 0 Å². The number of hydrogen-bond acceptors (Lipinski definition) is 5. The second-order valence-electron chi connectivity index (χ2n) is 5.50. The average molecular weight is 356 g/mol. The van der Waals surface area contributed by atoms with Crippen LogP contribution in [0.2, 0.25) is 0 Å². The average Bonchev–Trinajstić information content (AvgIpc) is 2.66. The number of rotatable bonds is 7. The molecule has 0 unspecified atom stereocenters. The Hall–Kier alpha value is -3.06. The third-order valence-corrected chi connectivity index (χ3v) is 3.56. The van der Waals surface area contributed by atoms with E-state index in [1.807, 2.05) is 30.3 Å². The van der Waals surface area contributed by atoms with E-state index in [0.29, 0.717) is 36.3 Å². The van der Waals surface area contributed by atoms with E-state index >= 15 is 0 Å². The van der Waals surface area contributed by atoms with Gasteiger partial charge in [0.05, 0.1) is 6.61 Å². The standard InChI is InChI=1S/C19H18F2N4O/c1-26-10-9-22-17-12-18(23-14-7-8-15(20)16(21)11-14)25-19(24-17)13-5-3-2-4-6-13/h2-8,11-12H,9-10H2,1H3,(H2,22,23,24,25). The molecule has 26 heavy (non-hydrogen) atoms. The molecule has 2 N–H and O–H groups in total. The fourth-order valence-electron chi connectivity index (χ4n) is 2.32. The normalized spacial score (nSPS) is 10.6. The highest BCUT2D eigenvalue weighted by molar-refractivity contribution is 5.65. The molecule has 0 bridgehead atoms. The predicted octanol–water partition coefficient (Wildman–Crippen LogP) is 4.22. The van der Waals surface area contributed by atoms with Gasteiger partial charge in [0.15, 0.2) is 17.5 Å². The molecule has 0 amide bonds. The van der Waals surface area contributed by atoms with Crippen molar-refractivity contribution in [3.8, 4) is 11.4 Å². The lowest BCUT2D eigenvalue weighted by molar-refractivity contribution is 0.210. The van der Waals surface area contributed by atoms with E-state index in [-0.39, 0.29) is 0 Å². The van der Waals surface area contributed by atoms with Crippen LogP contribution < -0.4 is 10.6 Å². The van der Waals surface area contributed by atoms with Gasteiger partial charge in [-0.25, -0.2) is 18.7 Å². The Morgan fingerprint density at radius 1 is 0.923 bits per heavy atom. The van der Waals surface area contributed by atoms with Gasteiger partial charge in [-0.15, -0.1) is 0 Å². The molecule has 3 rings (SSSR count). The molecule has 0 aliphatic heterocycles. The SMILES string of the molecule is COCCNc1cc(Nc2ccc(F)c(F)c2)nc(-c2ccccc2)n1. The monoisotopic (exact) mass is 356 g/mol. The van der Waals surface area contributed by atoms with Gasteiger partial charge in [-0.2, -0.15) is 0 Å². The lowest BCUT2D eigenvalue weighted by Crippen LogP contribution is -2.10. The van der Waals surface area contributed by atoms with Crippen LogP contribution in [0.5, 0.6) is 0 Å². The predicted molar refractivity (Wildman–Crippen MR) is 97.5 cm³/mol. The highest BCUT2D eigenvalue weighted by Gasteiger charge is 2.09. The van der Waals surface area contributed by atoms with Crippen LogP contribution in [0.1, 0.15) is 0 Å². The smallest absolute Gasteiger partial charge is 0.163 e. The van der Waals surface area contributed by atoms with E-state index < -0.39 is 11.6 Å². The molecule has 0 atom stereocenters. The molecular formula is C19H18F2N4O. The van der Waals surface area contributed by atoms with E-state index in [4.69, 9.17) is 4.74 Å². The molecule has 0 fully saturated rings. The second-order valence-corrected chi connectivity index (χ2v) is 5.50. The minimum absolute atomic E-state index is 0.393. The number of benzene rings is 2. The van der Waals surface area contributed by atoms with Crippen molar-refractivity contribution >= 4 is 17.3 Å². The summed E-state index contributed by atoms with van der Waals surface area (Å²) in [4.78, 5) is 8.97. The summed E-state index contributed by atoms with van der Waals surface area (Å²) >= 11 is 0. The second kappa shape index (κ2) is 8.35. The Morgan fingerprint density at radius 2 is 1.69 bits per heavy atom. The Labute approximate surface area is 150 Å². The topological polar surface area (TPSA) is 59.1 Å². The third kappa shape index (κ3) is 4.52. The minimum Gasteiger partial charge on any atom is -0.383 e. The first-order valence-corrected chi connectivity index (χ1v) is 8.05. The molecule has 0 spiro atoms. The molecule has 0 aliphatic rings. The van der Waals surface area contributed by atoms with E-state index in [2.05, 4.69) is 20.6 Å². The molecular weight excluding hydrogens is 338 g/mol. The van der Waals surface area contributed by atoms with Gasteiger partial charge in [-0.1, -0.05) is 30.3 Å². The lowest BCUT2D eigenvalue weighted by Gasteiger charge is -2.12. The summed E-state index contributed by atoms with van der Waals surface area (Å²) in [5.41, 5.74) is 1.24. The summed E-state index contributed by atoms with van der Waals surface area (Å²) in [6.07, 6.45) is 0. The highest BCUT2D eigenvalue weighted by Crippen LogP contribution is 2.23. The first kappa shape index (κ1) is 17.8. The van der Waals surface area contributed by atoms with Crippen molar-refractivity contribution < 1.29 is 13.5 Å². The number of halogens is 2. The number of nitrogens with one attached hydrogen (secondary N) is 2. The van der Waals surface area contributed by atoms with Crippen LogP contribution in [-0.2, 0) is 4.74 Å². The van der Waals surface area contributed by atoms with Crippen LogP contribution in [-0.4, -0.2) is 30.2 Å². The summed E-state index contributed by atoms with van der Waals surface area (Å²) in [7, 11) is 1.62. The van der Waals surface area contributed by atoms with Crippen molar-refractivity contribution in [2.75, 3.05) is 30.9 Å². The minimum atomic E-state index is -0.925. The largest absolute Gasteiger partial charge is 0.383 e. The zero-order valence-corrected chi connectivity index (χ0v) is 14.2. The van der Waals surface area contributed by atoms with Crippen LogP contribution >= 0.6 is 0 Å². The number of methoxy groups -OCH3 is 1. The Balaban J connectivity index is 1.91. The van der Waals surface area contributed by atoms with Crippen LogP contribution in [0.4, 0.5) is 26.1 Å². The molecule has 2 aromatic carbocycles. The zero-order valence-electron chi connectivity index (χ0n) is 14.2. The molecule has 7 heteroatoms. The van der Waals surface area contributed by atoms with Crippen LogP contribution in [0.25, 0.3) is 11.4 Å². The molecule has 1 heterocycles. The van der Waals surface area contributed by atoms with Gasteiger partial charge >= 0.3 is 0 Å². The summed E-state index contributed by atoms with van der Waals surface area (Å²) in [6, 6.07) is 14.8. The third-order valence-electron chi connectivity index (χ3n) is 3.56. The van der Waals surface area contributed by atoms with Crippen LogP contribution in [0.15, 0.2) is 54.6 Å². The molecule has 3 aromatic rings. The van der Waals surface area contributed by atoms with Crippen molar-refractivity contribution in [2.24, 2.45) is 0 Å². The van der Waals surface area contributed by atoms with Crippen molar-refractivity contribution in [1.82, 2.24) is 9.97 Å². The molecule has 0 radical (unpaired) electrons. The molecule has 0 aliphatic carbocycles. The molecule has 134 valence electrons. The summed E-state index contributed by atoms with van der Waals surface area (Å²) in [6.45, 7) is 1.10. The maximum Gasteiger partial charge on any atom is 0.163 e. The van der Waals surface area contributed by atoms with Gasteiger partial charge < -0.3 is 15.4 Å². The highest BCUT2D eigenvalue weighted by atomic mass is 19.2. The Kier molecular flexibility index (Phi) is 5.70. The maximum atomic E-state index is 13.4. The molecule has 5 nitrogen and oxygen atoms in total. The van der Waals surface area contributed by atoms with Crippen molar-refractivity contribution in [3.63, 3.8) is 0 Å². The quantitative estimate of drug-likeness (QED) is 0.621. The van der Waals surface area contributed by atoms with E-state index in [1.54, 1.807) is 13.2 Å². The Morgan fingerprint density at radius 3 is 2.42 bits per heavy atom. The Bertz CT molecular complexity index is 875. The first-order chi connectivity index (χ1) is 12.7. The van der Waals surface area contributed by atoms with E-state index in [0.717, 1.165) is 17.7 Å². The van der Waals surface area contributed by atoms with Gasteiger partial charge in [0.1, 0.15) is 11.6 Å². The fraction of sp³-hybridized carbons (Fsp3) is 0.158. The molecule has 1 aromatic heterocycles. The number of nitrogens with zero attached hydrogens (tertiary/aromatic N) is 2. The first-order valence-electron chi connectivity index (χ1n) is 8.05. The zero-order chi connectivity index (χ0) is 18.4. The van der Waals surface area contributed by atoms with E-state index in [9.17, 15) is 8.78 Å². The number of aromatic nitrogens is 2. The van der Waals surface area contributed by atoms with Gasteiger partial charge in [-0.3, -0.25) is 0 Å². The summed E-state index contributed by atoms with van der Waals surface area (Å²) < 4.78 is 31.6. The van der Waals surface area contributed by atoms with Gasteiger partial charge in [-0.05, 0) is 12.1 Å². The molecule has 0 saturated carbocycles. The van der Waals surface area contributed by atoms with Crippen molar-refractivity contribution in [2.45, 2.75) is 0 Å². The van der Waals surface area contributed by atoms with Gasteiger partial charge in [0.25, 0.3) is 0 Å². The molecule has 0 saturated heterocycles. The van der Waals surface area contributed by atoms with Crippen molar-refractivity contribution in [1.29, 1.82) is 0 Å². The van der Waals surface area contributed by atoms with Crippen LogP contribution in [0, 0.1) is 11.6 Å². The van der Waals surface area contributed by atoms with Crippen molar-refractivity contribution in [3.05, 3.63) is 66.2 Å². The summed E-state index contributed by atoms with van der Waals surface area (Å²) in [5.74, 6) is -0.250.